The van der Waals surface area contributed by atoms with Crippen LogP contribution in [0.2, 0.25) is 0 Å². The van der Waals surface area contributed by atoms with Crippen molar-refractivity contribution in [2.24, 2.45) is 0 Å². The minimum atomic E-state index is -5.61. The van der Waals surface area contributed by atoms with Crippen molar-refractivity contribution in [1.82, 2.24) is 0 Å². The first-order valence-corrected chi connectivity index (χ1v) is 10.3. The molecule has 24 heteroatoms. The molecule has 0 aliphatic carbocycles. The Morgan fingerprint density at radius 2 is 0.333 bits per heavy atom. The summed E-state index contributed by atoms with van der Waals surface area (Å²) in [6.07, 6.45) is 0. The first kappa shape index (κ1) is 51.7. The zero-order valence-electron chi connectivity index (χ0n) is 11.7. The topological polar surface area (TPSA) is 346 Å². The van der Waals surface area contributed by atoms with Crippen molar-refractivity contribution >= 4 is 187 Å². The van der Waals surface area contributed by atoms with Gasteiger partial charge in [0.05, 0.1) is 0 Å². The zero-order chi connectivity index (χ0) is 18.0. The minimum absolute atomic E-state index is 0. The molecule has 0 aromatic rings. The molecule has 0 atom stereocenters. The molecule has 0 amide bonds. The van der Waals surface area contributed by atoms with Crippen molar-refractivity contribution in [2.75, 3.05) is 0 Å². The van der Waals surface area contributed by atoms with E-state index in [4.69, 9.17) is 76.7 Å². The summed E-state index contributed by atoms with van der Waals surface area (Å²) in [6.45, 7) is 0. The van der Waals surface area contributed by atoms with E-state index in [1.165, 1.54) is 0 Å². The van der Waals surface area contributed by atoms with E-state index in [0.717, 1.165) is 0 Å². The number of rotatable bonds is 0. The Balaban J connectivity index is -0.0000000225. The van der Waals surface area contributed by atoms with E-state index in [-0.39, 0.29) is 151 Å². The Bertz CT molecular complexity index is 140. The van der Waals surface area contributed by atoms with Gasteiger partial charge in [0, 0.05) is 0 Å². The van der Waals surface area contributed by atoms with Crippen LogP contribution < -0.4 is 38.4 Å². The van der Waals surface area contributed by atoms with Gasteiger partial charge in [-0.3, -0.25) is 0 Å². The predicted octanol–water partition coefficient (Wildman–Crippen LogP) is -17.0. The second-order valence-corrected chi connectivity index (χ2v) is 6.60. The molecule has 0 aliphatic heterocycles. The fourth-order valence-corrected chi connectivity index (χ4v) is 0. The molecule has 0 aliphatic rings. The van der Waals surface area contributed by atoms with Crippen molar-refractivity contribution in [3.05, 3.63) is 0 Å². The van der Waals surface area contributed by atoms with E-state index < -0.39 is 36.2 Å². The zero-order valence-corrected chi connectivity index (χ0v) is 24.5. The van der Waals surface area contributed by atoms with Gasteiger partial charge in [0.15, 0.2) is 0 Å². The van der Waals surface area contributed by atoms with Gasteiger partial charge in [-0.05, 0) is 0 Å². The van der Waals surface area contributed by atoms with Crippen LogP contribution in [0.4, 0.5) is 0 Å². The summed E-state index contributed by atoms with van der Waals surface area (Å²) in [7, 11) is -20.4. The first-order chi connectivity index (χ1) is 8.00. The first-order valence-electron chi connectivity index (χ1n) is 3.42. The molecule has 0 bridgehead atoms. The summed E-state index contributed by atoms with van der Waals surface area (Å²) < 4.78 is 0. The van der Waals surface area contributed by atoms with Crippen LogP contribution in [-0.2, 0) is 0 Å². The minimum Gasteiger partial charge on any atom is -0.894 e. The van der Waals surface area contributed by atoms with Crippen molar-refractivity contribution < 1.29 is 76.7 Å². The second kappa shape index (κ2) is 24.5. The molecule has 0 saturated carbocycles. The van der Waals surface area contributed by atoms with Crippen LogP contribution in [0.25, 0.3) is 0 Å². The normalized spacial score (nSPS) is 10.0. The number of hydrogen-bond donors (Lipinski definition) is 8. The van der Waals surface area contributed by atoms with Crippen LogP contribution >= 0.6 is 0 Å². The number of hydrogen-bond acceptors (Lipinski definition) is 16. The summed E-state index contributed by atoms with van der Waals surface area (Å²) in [6, 6.07) is 0. The molecule has 0 aromatic carbocycles. The van der Waals surface area contributed by atoms with Gasteiger partial charge in [-0.25, -0.2) is 0 Å². The fourth-order valence-electron chi connectivity index (χ4n) is 0. The molecule has 0 fully saturated rings. The molecule has 16 nitrogen and oxygen atoms in total. The quantitative estimate of drug-likeness (QED) is 0.133. The monoisotopic (exact) mass is 536 g/mol. The maximum atomic E-state index is 8.58. The van der Waals surface area contributed by atoms with Gasteiger partial charge in [-0.1, -0.05) is 0 Å². The van der Waals surface area contributed by atoms with E-state index >= 15 is 0 Å². The van der Waals surface area contributed by atoms with E-state index in [2.05, 4.69) is 0 Å². The van der Waals surface area contributed by atoms with Gasteiger partial charge in [-0.2, -0.15) is 0 Å². The summed E-state index contributed by atoms with van der Waals surface area (Å²) in [5, 5.41) is 0. The molecule has 0 aromatic heterocycles. The molecule has 8 N–H and O–H groups in total. The third-order valence-electron chi connectivity index (χ3n) is 0. The molecule has 24 heavy (non-hydrogen) atoms. The molecule has 0 spiro atoms. The van der Waals surface area contributed by atoms with Gasteiger partial charge in [0.1, 0.15) is 0 Å². The summed E-state index contributed by atoms with van der Waals surface area (Å²) in [5.74, 6) is 0. The maximum Gasteiger partial charge on any atom is 2.00 e. The Kier molecular flexibility index (Phi) is 52.9. The maximum absolute atomic E-state index is 8.58. The van der Waals surface area contributed by atoms with Gasteiger partial charge in [0.25, 0.3) is 0 Å². The van der Waals surface area contributed by atoms with Crippen LogP contribution in [0.3, 0.4) is 0 Å². The molecule has 128 valence electrons. The van der Waals surface area contributed by atoms with Crippen molar-refractivity contribution in [3.8, 4) is 0 Å². The van der Waals surface area contributed by atoms with Crippen molar-refractivity contribution in [1.29, 1.82) is 0 Å². The van der Waals surface area contributed by atoms with Crippen LogP contribution in [0.5, 0.6) is 0 Å². The van der Waals surface area contributed by atoms with Crippen LogP contribution in [0, 0.1) is 0 Å². The van der Waals surface area contributed by atoms with Gasteiger partial charge >= 0.3 is 169 Å². The second-order valence-electron chi connectivity index (χ2n) is 2.20. The van der Waals surface area contributed by atoms with Gasteiger partial charge < -0.3 is 94.8 Å². The molecule has 0 saturated heterocycles. The molecular formula is H8Ca4O16Si4. The third-order valence-corrected chi connectivity index (χ3v) is 0. The summed E-state index contributed by atoms with van der Waals surface area (Å²) in [5.41, 5.74) is 0. The van der Waals surface area contributed by atoms with Crippen LogP contribution in [0.15, 0.2) is 0 Å². The molecular weight excluding hydrogens is 529 g/mol. The van der Waals surface area contributed by atoms with Gasteiger partial charge in [-0.15, -0.1) is 0 Å². The Hall–Kier alpha value is 5.27. The Morgan fingerprint density at radius 3 is 0.333 bits per heavy atom. The Labute approximate surface area is 258 Å². The van der Waals surface area contributed by atoms with E-state index in [1.807, 2.05) is 0 Å². The summed E-state index contributed by atoms with van der Waals surface area (Å²) >= 11 is 0. The average molecular weight is 537 g/mol. The third kappa shape index (κ3) is 678. The predicted molar refractivity (Wildman–Crippen MR) is 63.8 cm³/mol. The molecule has 0 unspecified atom stereocenters. The standard InChI is InChI=1S/4Ca.2H4O4Si.2O4Si/c;;;;4*1-5(2,3)4/h;;;;2*1-4H;;/q4*+2;;;2*-4. The molecule has 0 radical (unpaired) electrons. The van der Waals surface area contributed by atoms with Crippen LogP contribution in [0.1, 0.15) is 0 Å². The largest absolute Gasteiger partial charge is 2.00 e. The van der Waals surface area contributed by atoms with Crippen molar-refractivity contribution in [3.63, 3.8) is 0 Å². The molecule has 0 rings (SSSR count). The van der Waals surface area contributed by atoms with Crippen LogP contribution in [-0.4, -0.2) is 226 Å². The Morgan fingerprint density at radius 1 is 0.333 bits per heavy atom. The van der Waals surface area contributed by atoms with E-state index in [0.29, 0.717) is 0 Å². The smallest absolute Gasteiger partial charge is 0.894 e. The van der Waals surface area contributed by atoms with Gasteiger partial charge in [0.2, 0.25) is 0 Å². The summed E-state index contributed by atoms with van der Waals surface area (Å²) in [4.78, 5) is 127. The van der Waals surface area contributed by atoms with E-state index in [9.17, 15) is 0 Å². The SMILES string of the molecule is O[Si](O)(O)O.O[Si](O)(O)O.[Ca+2].[Ca+2].[Ca+2].[Ca+2].[O-][Si]([O-])([O-])[O-].[O-][Si]([O-])([O-])[O-]. The molecule has 0 heterocycles. The van der Waals surface area contributed by atoms with E-state index in [1.54, 1.807) is 0 Å². The van der Waals surface area contributed by atoms with Crippen molar-refractivity contribution in [2.45, 2.75) is 0 Å². The average Bonchev–Trinajstić information content (AvgIpc) is 1.62. The fraction of sp³-hybridized carbons (Fsp3) is 0.